The molecule has 6 nitrogen and oxygen atoms in total. The van der Waals surface area contributed by atoms with Gasteiger partial charge in [0.2, 0.25) is 0 Å². The zero-order valence-electron chi connectivity index (χ0n) is 18.2. The van der Waals surface area contributed by atoms with E-state index in [2.05, 4.69) is 56.6 Å². The van der Waals surface area contributed by atoms with Crippen LogP contribution in [0.25, 0.3) is 0 Å². The first kappa shape index (κ1) is 24.2. The van der Waals surface area contributed by atoms with Gasteiger partial charge in [-0.1, -0.05) is 12.1 Å². The topological polar surface area (TPSA) is 52.1 Å². The third kappa shape index (κ3) is 7.00. The largest absolute Gasteiger partial charge is 0.383 e. The number of likely N-dealkylation sites (tertiary alicyclic amines) is 1. The smallest absolute Gasteiger partial charge is 0.191 e. The van der Waals surface area contributed by atoms with Gasteiger partial charge in [0.15, 0.2) is 5.96 Å². The van der Waals surface area contributed by atoms with Crippen LogP contribution in [0.3, 0.4) is 0 Å². The molecule has 2 atom stereocenters. The Morgan fingerprint density at radius 2 is 2.03 bits per heavy atom. The molecule has 0 radical (unpaired) electrons. The van der Waals surface area contributed by atoms with E-state index in [9.17, 15) is 0 Å². The molecule has 0 bridgehead atoms. The lowest BCUT2D eigenvalue weighted by atomic mass is 10.1. The molecule has 2 aliphatic rings. The van der Waals surface area contributed by atoms with Crippen molar-refractivity contribution in [2.24, 2.45) is 4.99 Å². The van der Waals surface area contributed by atoms with E-state index in [4.69, 9.17) is 4.74 Å². The molecule has 1 aromatic rings. The van der Waals surface area contributed by atoms with Crippen molar-refractivity contribution in [3.05, 3.63) is 29.8 Å². The number of halogens is 1. The van der Waals surface area contributed by atoms with Crippen LogP contribution in [0.15, 0.2) is 29.3 Å². The van der Waals surface area contributed by atoms with Gasteiger partial charge in [0.05, 0.1) is 12.6 Å². The Morgan fingerprint density at radius 1 is 1.24 bits per heavy atom. The standard InChI is InChI=1S/C22H37N5O.HI/c1-18(19-8-6-9-20(16-19)26-11-4-5-12-26)25-22(23-2)24-17-21-10-7-13-27(21)14-15-28-3;/h6,8-9,16,18,21H,4-5,7,10-15,17H2,1-3H3,(H2,23,24,25);1H. The number of ether oxygens (including phenoxy) is 1. The maximum atomic E-state index is 5.25. The van der Waals surface area contributed by atoms with Crippen LogP contribution in [0, 0.1) is 0 Å². The van der Waals surface area contributed by atoms with Gasteiger partial charge in [-0.15, -0.1) is 24.0 Å². The Hall–Kier alpha value is -1.06. The third-order valence-corrected chi connectivity index (χ3v) is 6.01. The van der Waals surface area contributed by atoms with Gasteiger partial charge in [-0.2, -0.15) is 0 Å². The van der Waals surface area contributed by atoms with E-state index < -0.39 is 0 Å². The second kappa shape index (κ2) is 12.6. The van der Waals surface area contributed by atoms with E-state index in [-0.39, 0.29) is 30.0 Å². The monoisotopic (exact) mass is 515 g/mol. The quantitative estimate of drug-likeness (QED) is 0.317. The van der Waals surface area contributed by atoms with Crippen molar-refractivity contribution in [2.75, 3.05) is 58.4 Å². The van der Waals surface area contributed by atoms with Crippen LogP contribution in [0.1, 0.15) is 44.2 Å². The molecule has 1 aromatic carbocycles. The van der Waals surface area contributed by atoms with Crippen LogP contribution in [0.4, 0.5) is 5.69 Å². The fraction of sp³-hybridized carbons (Fsp3) is 0.682. The number of guanidine groups is 1. The van der Waals surface area contributed by atoms with Gasteiger partial charge in [-0.05, 0) is 56.8 Å². The summed E-state index contributed by atoms with van der Waals surface area (Å²) in [6.07, 6.45) is 5.11. The molecule has 2 heterocycles. The van der Waals surface area contributed by atoms with Gasteiger partial charge in [0, 0.05) is 52.1 Å². The molecular weight excluding hydrogens is 477 g/mol. The Labute approximate surface area is 193 Å². The lowest BCUT2D eigenvalue weighted by molar-refractivity contribution is 0.141. The summed E-state index contributed by atoms with van der Waals surface area (Å²) in [5, 5.41) is 7.09. The minimum atomic E-state index is 0. The number of hydrogen-bond donors (Lipinski definition) is 2. The number of rotatable bonds is 8. The molecule has 3 rings (SSSR count). The van der Waals surface area contributed by atoms with Crippen LogP contribution >= 0.6 is 24.0 Å². The van der Waals surface area contributed by atoms with Crippen LogP contribution in [0.5, 0.6) is 0 Å². The lowest BCUT2D eigenvalue weighted by Crippen LogP contribution is -2.46. The molecule has 29 heavy (non-hydrogen) atoms. The molecule has 0 amide bonds. The van der Waals surface area contributed by atoms with Crippen molar-refractivity contribution in [3.63, 3.8) is 0 Å². The zero-order valence-corrected chi connectivity index (χ0v) is 20.5. The van der Waals surface area contributed by atoms with Gasteiger partial charge in [0.1, 0.15) is 0 Å². The summed E-state index contributed by atoms with van der Waals surface area (Å²) in [6.45, 7) is 8.45. The van der Waals surface area contributed by atoms with E-state index >= 15 is 0 Å². The number of anilines is 1. The Kier molecular flexibility index (Phi) is 10.5. The number of methoxy groups -OCH3 is 1. The second-order valence-corrected chi connectivity index (χ2v) is 7.93. The van der Waals surface area contributed by atoms with Gasteiger partial charge < -0.3 is 20.3 Å². The normalized spacial score (nSPS) is 21.1. The fourth-order valence-corrected chi connectivity index (χ4v) is 4.29. The van der Waals surface area contributed by atoms with Crippen molar-refractivity contribution in [2.45, 2.75) is 44.7 Å². The summed E-state index contributed by atoms with van der Waals surface area (Å²) in [7, 11) is 3.62. The summed E-state index contributed by atoms with van der Waals surface area (Å²) in [5.41, 5.74) is 2.64. The number of nitrogens with one attached hydrogen (secondary N) is 2. The summed E-state index contributed by atoms with van der Waals surface area (Å²) >= 11 is 0. The van der Waals surface area contributed by atoms with Crippen molar-refractivity contribution >= 4 is 35.6 Å². The molecule has 2 fully saturated rings. The van der Waals surface area contributed by atoms with Crippen molar-refractivity contribution in [1.29, 1.82) is 0 Å². The molecule has 164 valence electrons. The van der Waals surface area contributed by atoms with Crippen LogP contribution in [-0.4, -0.2) is 70.4 Å². The van der Waals surface area contributed by atoms with Gasteiger partial charge in [-0.25, -0.2) is 0 Å². The Bertz CT molecular complexity index is 635. The fourth-order valence-electron chi connectivity index (χ4n) is 4.29. The SMILES string of the molecule is CN=C(NCC1CCCN1CCOC)NC(C)c1cccc(N2CCCC2)c1.I. The predicted octanol–water partition coefficient (Wildman–Crippen LogP) is 3.24. The van der Waals surface area contributed by atoms with Crippen molar-refractivity contribution < 1.29 is 4.74 Å². The van der Waals surface area contributed by atoms with E-state index in [1.807, 2.05) is 7.05 Å². The van der Waals surface area contributed by atoms with Crippen LogP contribution in [0.2, 0.25) is 0 Å². The van der Waals surface area contributed by atoms with E-state index in [0.29, 0.717) is 6.04 Å². The van der Waals surface area contributed by atoms with Gasteiger partial charge in [-0.3, -0.25) is 9.89 Å². The second-order valence-electron chi connectivity index (χ2n) is 7.93. The molecule has 2 saturated heterocycles. The molecule has 0 saturated carbocycles. The highest BCUT2D eigenvalue weighted by molar-refractivity contribution is 14.0. The molecule has 0 spiro atoms. The van der Waals surface area contributed by atoms with E-state index in [0.717, 1.165) is 25.7 Å². The summed E-state index contributed by atoms with van der Waals surface area (Å²) in [6, 6.07) is 9.69. The Morgan fingerprint density at radius 3 is 2.76 bits per heavy atom. The molecule has 2 unspecified atom stereocenters. The minimum Gasteiger partial charge on any atom is -0.383 e. The third-order valence-electron chi connectivity index (χ3n) is 6.01. The first-order valence-electron chi connectivity index (χ1n) is 10.8. The number of aliphatic imine (C=N–C) groups is 1. The van der Waals surface area contributed by atoms with Crippen molar-refractivity contribution in [1.82, 2.24) is 15.5 Å². The first-order chi connectivity index (χ1) is 13.7. The maximum Gasteiger partial charge on any atom is 0.191 e. The first-order valence-corrected chi connectivity index (χ1v) is 10.8. The molecule has 2 N–H and O–H groups in total. The zero-order chi connectivity index (χ0) is 19.8. The molecule has 2 aliphatic heterocycles. The summed E-state index contributed by atoms with van der Waals surface area (Å²) in [4.78, 5) is 9.45. The summed E-state index contributed by atoms with van der Waals surface area (Å²) < 4.78 is 5.25. The maximum absolute atomic E-state index is 5.25. The lowest BCUT2D eigenvalue weighted by Gasteiger charge is -2.26. The highest BCUT2D eigenvalue weighted by Gasteiger charge is 2.24. The average molecular weight is 515 g/mol. The van der Waals surface area contributed by atoms with E-state index in [1.165, 1.54) is 56.6 Å². The number of benzene rings is 1. The number of nitrogens with zero attached hydrogens (tertiary/aromatic N) is 3. The molecular formula is C22H38IN5O. The van der Waals surface area contributed by atoms with Crippen LogP contribution < -0.4 is 15.5 Å². The van der Waals surface area contributed by atoms with Gasteiger partial charge >= 0.3 is 0 Å². The highest BCUT2D eigenvalue weighted by Crippen LogP contribution is 2.24. The van der Waals surface area contributed by atoms with Crippen LogP contribution in [-0.2, 0) is 4.74 Å². The summed E-state index contributed by atoms with van der Waals surface area (Å²) in [5.74, 6) is 0.873. The van der Waals surface area contributed by atoms with E-state index in [1.54, 1.807) is 7.11 Å². The molecule has 0 aliphatic carbocycles. The molecule has 7 heteroatoms. The van der Waals surface area contributed by atoms with Crippen molar-refractivity contribution in [3.8, 4) is 0 Å². The minimum absolute atomic E-state index is 0. The highest BCUT2D eigenvalue weighted by atomic mass is 127. The number of hydrogen-bond acceptors (Lipinski definition) is 4. The average Bonchev–Trinajstić information content (AvgIpc) is 3.41. The van der Waals surface area contributed by atoms with Gasteiger partial charge in [0.25, 0.3) is 0 Å². The predicted molar refractivity (Wildman–Crippen MR) is 133 cm³/mol. The molecule has 0 aromatic heterocycles. The Balaban J connectivity index is 0.00000300.